The molecule has 3 heterocycles. The van der Waals surface area contributed by atoms with Gasteiger partial charge >= 0.3 is 0 Å². The molecule has 0 spiro atoms. The van der Waals surface area contributed by atoms with Crippen LogP contribution in [-0.2, 0) is 0 Å². The Hall–Kier alpha value is -10.5. The molecule has 11 aromatic carbocycles. The van der Waals surface area contributed by atoms with E-state index in [0.717, 1.165) is 93.9 Å². The lowest BCUT2D eigenvalue weighted by molar-refractivity contribution is 1.07. The normalized spacial score (nSPS) is 11.5. The van der Waals surface area contributed by atoms with E-state index in [4.69, 9.17) is 15.0 Å². The first kappa shape index (κ1) is 47.9. The molecule has 0 radical (unpaired) electrons. The molecule has 14 rings (SSSR count). The summed E-state index contributed by atoms with van der Waals surface area (Å²) < 4.78 is 4.85. The second kappa shape index (κ2) is 19.5. The maximum Gasteiger partial charge on any atom is 0.164 e. The van der Waals surface area contributed by atoms with Gasteiger partial charge in [0.1, 0.15) is 0 Å². The van der Waals surface area contributed by atoms with Crippen molar-refractivity contribution in [1.29, 1.82) is 5.26 Å². The second-order valence-electron chi connectivity index (χ2n) is 21.0. The fraction of sp³-hybridized carbons (Fsp3) is 0.0541. The van der Waals surface area contributed by atoms with Crippen LogP contribution in [0.3, 0.4) is 0 Å². The molecular weight excluding hydrogens is 973 g/mol. The summed E-state index contributed by atoms with van der Waals surface area (Å²) in [5.41, 5.74) is 23.0. The van der Waals surface area contributed by atoms with Crippen molar-refractivity contribution in [2.45, 2.75) is 27.7 Å². The van der Waals surface area contributed by atoms with Crippen molar-refractivity contribution in [1.82, 2.24) is 24.1 Å². The zero-order valence-electron chi connectivity index (χ0n) is 44.8. The molecule has 0 amide bonds. The number of hydrogen-bond acceptors (Lipinski definition) is 4. The van der Waals surface area contributed by atoms with Gasteiger partial charge in [-0.3, -0.25) is 0 Å². The van der Waals surface area contributed by atoms with E-state index in [2.05, 4.69) is 201 Å². The van der Waals surface area contributed by atoms with Gasteiger partial charge in [0, 0.05) is 49.4 Å². The Labute approximate surface area is 464 Å². The molecule has 14 aromatic rings. The first-order chi connectivity index (χ1) is 39.3. The van der Waals surface area contributed by atoms with Gasteiger partial charge in [-0.15, -0.1) is 0 Å². The number of benzene rings is 11. The Morgan fingerprint density at radius 3 is 1.29 bits per heavy atom. The third-order valence-corrected chi connectivity index (χ3v) is 15.8. The van der Waals surface area contributed by atoms with Crippen molar-refractivity contribution in [2.75, 3.05) is 0 Å². The molecule has 0 saturated carbocycles. The van der Waals surface area contributed by atoms with Crippen LogP contribution in [0.25, 0.3) is 134 Å². The smallest absolute Gasteiger partial charge is 0.164 e. The topological polar surface area (TPSA) is 72.3 Å². The summed E-state index contributed by atoms with van der Waals surface area (Å²) in [4.78, 5) is 15.7. The lowest BCUT2D eigenvalue weighted by Crippen LogP contribution is -2.04. The Morgan fingerprint density at radius 1 is 0.300 bits per heavy atom. The monoisotopic (exact) mass is 1020 g/mol. The summed E-state index contributed by atoms with van der Waals surface area (Å²) in [5, 5.41) is 15.2. The number of aryl methyl sites for hydroxylation is 4. The van der Waals surface area contributed by atoms with Crippen molar-refractivity contribution in [2.24, 2.45) is 0 Å². The number of aromatic nitrogens is 5. The van der Waals surface area contributed by atoms with E-state index < -0.39 is 0 Å². The van der Waals surface area contributed by atoms with Gasteiger partial charge in [0.15, 0.2) is 17.5 Å². The van der Waals surface area contributed by atoms with Gasteiger partial charge in [-0.25, -0.2) is 15.0 Å². The predicted molar refractivity (Wildman–Crippen MR) is 330 cm³/mol. The summed E-state index contributed by atoms with van der Waals surface area (Å²) in [5.74, 6) is 1.74. The number of hydrogen-bond donors (Lipinski definition) is 0. The SMILES string of the molecule is Cc1ccc(-c2ccc3c(c2)c2ccccc2n3-c2ccc(-c3nc(-c4ccccc4)nc(-c4ccccc4)n3)cc2-c2ccc(-c3ccccc3C#N)cc2-n2c3ccccc3c3cc(-c4ccc(C)cc4C)ccc32)c(C)c1. The van der Waals surface area contributed by atoms with Crippen LogP contribution in [0.1, 0.15) is 27.8 Å². The van der Waals surface area contributed by atoms with E-state index in [1.807, 2.05) is 84.9 Å². The standard InChI is InChI=1S/C74H52N6/c1-46-27-33-57(48(3)39-46)52-30-36-68-63(41-52)60-23-13-15-25-66(60)79(68)69-38-32-55(74-77-72(50-17-7-5-8-18-50)76-73(78-74)51-19-9-6-10-20-51)43-65(69)62-35-29-54(59-22-12-11-21-56(59)45-75)44-71(62)80-67-26-16-14-24-61(67)64-42-53(31-37-70(64)80)58-34-28-47(2)40-49(58)4/h5-44H,1-4H3. The third kappa shape index (κ3) is 8.23. The summed E-state index contributed by atoms with van der Waals surface area (Å²) in [7, 11) is 0. The van der Waals surface area contributed by atoms with Gasteiger partial charge in [0.25, 0.3) is 0 Å². The molecule has 0 fully saturated rings. The van der Waals surface area contributed by atoms with Crippen LogP contribution in [0.5, 0.6) is 0 Å². The van der Waals surface area contributed by atoms with Crippen LogP contribution < -0.4 is 0 Å². The van der Waals surface area contributed by atoms with E-state index in [1.54, 1.807) is 0 Å². The van der Waals surface area contributed by atoms with Gasteiger partial charge in [-0.2, -0.15) is 5.26 Å². The number of nitriles is 1. The highest BCUT2D eigenvalue weighted by Gasteiger charge is 2.24. The minimum Gasteiger partial charge on any atom is -0.309 e. The zero-order chi connectivity index (χ0) is 54.0. The average Bonchev–Trinajstić information content (AvgIpc) is 4.11. The molecule has 3 aromatic heterocycles. The molecule has 378 valence electrons. The largest absolute Gasteiger partial charge is 0.309 e. The highest BCUT2D eigenvalue weighted by molar-refractivity contribution is 6.13. The van der Waals surface area contributed by atoms with E-state index >= 15 is 0 Å². The van der Waals surface area contributed by atoms with Gasteiger partial charge in [0.2, 0.25) is 0 Å². The Kier molecular flexibility index (Phi) is 11.7. The number of fused-ring (bicyclic) bond motifs is 6. The van der Waals surface area contributed by atoms with E-state index in [-0.39, 0.29) is 0 Å². The van der Waals surface area contributed by atoms with Crippen molar-refractivity contribution in [3.63, 3.8) is 0 Å². The molecule has 0 aliphatic carbocycles. The first-order valence-electron chi connectivity index (χ1n) is 27.1. The maximum absolute atomic E-state index is 10.6. The molecule has 0 saturated heterocycles. The fourth-order valence-electron chi connectivity index (χ4n) is 12.0. The van der Waals surface area contributed by atoms with Crippen molar-refractivity contribution in [3.05, 3.63) is 270 Å². The van der Waals surface area contributed by atoms with Crippen LogP contribution in [-0.4, -0.2) is 24.1 Å². The highest BCUT2D eigenvalue weighted by Crippen LogP contribution is 2.45. The number of rotatable bonds is 9. The minimum atomic E-state index is 0.558. The molecule has 6 heteroatoms. The quantitative estimate of drug-likeness (QED) is 0.144. The van der Waals surface area contributed by atoms with Gasteiger partial charge < -0.3 is 9.13 Å². The molecule has 0 N–H and O–H groups in total. The lowest BCUT2D eigenvalue weighted by Gasteiger charge is -2.21. The summed E-state index contributed by atoms with van der Waals surface area (Å²) >= 11 is 0. The van der Waals surface area contributed by atoms with Crippen LogP contribution in [0.2, 0.25) is 0 Å². The molecule has 0 aliphatic heterocycles. The van der Waals surface area contributed by atoms with Gasteiger partial charge in [0.05, 0.1) is 45.1 Å². The molecule has 0 bridgehead atoms. The summed E-state index contributed by atoms with van der Waals surface area (Å²) in [6.07, 6.45) is 0. The zero-order valence-corrected chi connectivity index (χ0v) is 44.8. The average molecular weight is 1030 g/mol. The second-order valence-corrected chi connectivity index (χ2v) is 21.0. The van der Waals surface area contributed by atoms with Crippen LogP contribution in [0.4, 0.5) is 0 Å². The predicted octanol–water partition coefficient (Wildman–Crippen LogP) is 18.8. The maximum atomic E-state index is 10.6. The first-order valence-corrected chi connectivity index (χ1v) is 27.1. The van der Waals surface area contributed by atoms with Gasteiger partial charge in [-0.05, 0) is 139 Å². The van der Waals surface area contributed by atoms with Crippen LogP contribution in [0, 0.1) is 39.0 Å². The molecule has 0 aliphatic rings. The van der Waals surface area contributed by atoms with Crippen molar-refractivity contribution >= 4 is 43.6 Å². The molecule has 0 atom stereocenters. The fourth-order valence-corrected chi connectivity index (χ4v) is 12.0. The summed E-state index contributed by atoms with van der Waals surface area (Å²) in [6.45, 7) is 8.69. The third-order valence-electron chi connectivity index (χ3n) is 15.8. The molecular formula is C74H52N6. The molecule has 0 unspecified atom stereocenters. The van der Waals surface area contributed by atoms with E-state index in [0.29, 0.717) is 23.0 Å². The minimum absolute atomic E-state index is 0.558. The highest BCUT2D eigenvalue weighted by atomic mass is 15.0. The Bertz CT molecular complexity index is 4770. The summed E-state index contributed by atoms with van der Waals surface area (Å²) in [6, 6.07) is 88.7. The van der Waals surface area contributed by atoms with E-state index in [9.17, 15) is 5.26 Å². The molecule has 6 nitrogen and oxygen atoms in total. The van der Waals surface area contributed by atoms with E-state index in [1.165, 1.54) is 44.5 Å². The molecule has 80 heavy (non-hydrogen) atoms. The number of para-hydroxylation sites is 2. The Morgan fingerprint density at radius 2 is 0.738 bits per heavy atom. The van der Waals surface area contributed by atoms with Crippen molar-refractivity contribution in [3.8, 4) is 96.1 Å². The lowest BCUT2D eigenvalue weighted by atomic mass is 9.93. The van der Waals surface area contributed by atoms with Crippen LogP contribution in [0.15, 0.2) is 243 Å². The van der Waals surface area contributed by atoms with Crippen LogP contribution >= 0.6 is 0 Å². The number of nitrogens with zero attached hydrogens (tertiary/aromatic N) is 6. The van der Waals surface area contributed by atoms with Crippen molar-refractivity contribution < 1.29 is 0 Å². The Balaban J connectivity index is 1.09. The van der Waals surface area contributed by atoms with Gasteiger partial charge in [-0.1, -0.05) is 187 Å².